The predicted molar refractivity (Wildman–Crippen MR) is 90.8 cm³/mol. The monoisotopic (exact) mass is 355 g/mol. The van der Waals surface area contributed by atoms with E-state index in [9.17, 15) is 9.59 Å². The number of hydrogen-bond acceptors (Lipinski definition) is 6. The molecule has 3 rings (SSSR count). The van der Waals surface area contributed by atoms with E-state index < -0.39 is 0 Å². The van der Waals surface area contributed by atoms with Crippen LogP contribution >= 0.6 is 23.1 Å². The van der Waals surface area contributed by atoms with E-state index >= 15 is 0 Å². The summed E-state index contributed by atoms with van der Waals surface area (Å²) in [6.45, 7) is 3.31. The molecule has 2 fully saturated rings. The molecule has 0 aromatic carbocycles. The van der Waals surface area contributed by atoms with E-state index in [1.165, 1.54) is 11.3 Å². The summed E-state index contributed by atoms with van der Waals surface area (Å²) in [5, 5.41) is 14.4. The Morgan fingerprint density at radius 1 is 1.26 bits per heavy atom. The molecule has 2 heterocycles. The van der Waals surface area contributed by atoms with Gasteiger partial charge in [0.05, 0.1) is 0 Å². The van der Waals surface area contributed by atoms with Gasteiger partial charge in [-0.25, -0.2) is 4.79 Å². The largest absolute Gasteiger partial charge is 0.335 e. The summed E-state index contributed by atoms with van der Waals surface area (Å²) >= 11 is 3.02. The van der Waals surface area contributed by atoms with Crippen molar-refractivity contribution in [2.75, 3.05) is 24.2 Å². The summed E-state index contributed by atoms with van der Waals surface area (Å²) < 4.78 is 0.870. The van der Waals surface area contributed by atoms with Crippen molar-refractivity contribution in [2.24, 2.45) is 5.92 Å². The second-order valence-electron chi connectivity index (χ2n) is 5.78. The number of nitrogens with zero attached hydrogens (tertiary/aromatic N) is 3. The lowest BCUT2D eigenvalue weighted by Crippen LogP contribution is -2.46. The van der Waals surface area contributed by atoms with Crippen molar-refractivity contribution in [1.29, 1.82) is 0 Å². The van der Waals surface area contributed by atoms with E-state index in [1.807, 2.05) is 4.90 Å². The minimum atomic E-state index is -0.0637. The number of likely N-dealkylation sites (tertiary alicyclic amines) is 1. The van der Waals surface area contributed by atoms with Crippen LogP contribution in [0.3, 0.4) is 0 Å². The molecule has 0 unspecified atom stereocenters. The first-order valence-electron chi connectivity index (χ1n) is 7.98. The Bertz CT molecular complexity index is 567. The molecule has 1 saturated heterocycles. The highest BCUT2D eigenvalue weighted by atomic mass is 32.2. The number of rotatable bonds is 5. The fourth-order valence-electron chi connectivity index (χ4n) is 2.49. The predicted octanol–water partition coefficient (Wildman–Crippen LogP) is 2.17. The number of piperidine rings is 1. The zero-order chi connectivity index (χ0) is 16.2. The minimum Gasteiger partial charge on any atom is -0.335 e. The summed E-state index contributed by atoms with van der Waals surface area (Å²) in [6.07, 6.45) is 3.56. The van der Waals surface area contributed by atoms with Gasteiger partial charge in [0.25, 0.3) is 0 Å². The van der Waals surface area contributed by atoms with Gasteiger partial charge in [-0.3, -0.25) is 4.79 Å². The summed E-state index contributed by atoms with van der Waals surface area (Å²) in [5.41, 5.74) is 0. The molecule has 1 aliphatic heterocycles. The molecular formula is C14H21N5O2S2. The Hall–Kier alpha value is -1.35. The van der Waals surface area contributed by atoms with Gasteiger partial charge < -0.3 is 15.5 Å². The smallest absolute Gasteiger partial charge is 0.317 e. The van der Waals surface area contributed by atoms with Crippen molar-refractivity contribution in [3.05, 3.63) is 0 Å². The highest BCUT2D eigenvalue weighted by Crippen LogP contribution is 2.26. The van der Waals surface area contributed by atoms with Crippen LogP contribution in [-0.4, -0.2) is 51.9 Å². The van der Waals surface area contributed by atoms with Crippen LogP contribution in [0.2, 0.25) is 0 Å². The van der Waals surface area contributed by atoms with Crippen molar-refractivity contribution in [3.63, 3.8) is 0 Å². The van der Waals surface area contributed by atoms with Crippen LogP contribution in [0.15, 0.2) is 4.34 Å². The van der Waals surface area contributed by atoms with E-state index in [0.29, 0.717) is 37.1 Å². The van der Waals surface area contributed by atoms with Crippen LogP contribution in [0.1, 0.15) is 32.6 Å². The second kappa shape index (κ2) is 7.48. The number of thioether (sulfide) groups is 1. The molecule has 23 heavy (non-hydrogen) atoms. The van der Waals surface area contributed by atoms with Crippen LogP contribution in [0, 0.1) is 5.92 Å². The topological polar surface area (TPSA) is 87.2 Å². The first kappa shape index (κ1) is 16.5. The molecular weight excluding hydrogens is 334 g/mol. The Morgan fingerprint density at radius 3 is 2.65 bits per heavy atom. The van der Waals surface area contributed by atoms with Crippen LogP contribution < -0.4 is 10.6 Å². The first-order valence-corrected chi connectivity index (χ1v) is 9.78. The number of anilines is 1. The second-order valence-corrected chi connectivity index (χ2v) is 8.27. The maximum absolute atomic E-state index is 12.3. The van der Waals surface area contributed by atoms with Crippen molar-refractivity contribution >= 4 is 40.2 Å². The van der Waals surface area contributed by atoms with E-state index in [1.54, 1.807) is 11.8 Å². The minimum absolute atomic E-state index is 0.0108. The standard InChI is InChI=1S/C14H21N5O2S2/c1-2-22-14-18-17-12(23-14)16-11(20)9-5-7-19(8-6-9)13(21)15-10-3-4-10/h9-10H,2-8H2,1H3,(H,15,21)(H,16,17,20). The summed E-state index contributed by atoms with van der Waals surface area (Å²) in [4.78, 5) is 26.1. The number of hydrogen-bond donors (Lipinski definition) is 2. The molecule has 9 heteroatoms. The van der Waals surface area contributed by atoms with E-state index in [-0.39, 0.29) is 17.9 Å². The lowest BCUT2D eigenvalue weighted by molar-refractivity contribution is -0.121. The number of nitrogens with one attached hydrogen (secondary N) is 2. The molecule has 2 aliphatic rings. The van der Waals surface area contributed by atoms with Crippen LogP contribution in [-0.2, 0) is 4.79 Å². The Morgan fingerprint density at radius 2 is 2.00 bits per heavy atom. The molecule has 1 aromatic heterocycles. The molecule has 0 atom stereocenters. The molecule has 1 aromatic rings. The third-order valence-corrected chi connectivity index (χ3v) is 5.82. The number of aromatic nitrogens is 2. The fraction of sp³-hybridized carbons (Fsp3) is 0.714. The Labute approximate surface area is 143 Å². The van der Waals surface area contributed by atoms with Crippen LogP contribution in [0.25, 0.3) is 0 Å². The molecule has 0 spiro atoms. The quantitative estimate of drug-likeness (QED) is 0.624. The fourth-order valence-corrected chi connectivity index (χ4v) is 4.14. The number of carbonyl (C=O) groups excluding carboxylic acids is 2. The van der Waals surface area contributed by atoms with Crippen molar-refractivity contribution in [3.8, 4) is 0 Å². The number of amides is 3. The Balaban J connectivity index is 1.44. The average molecular weight is 355 g/mol. The van der Waals surface area contributed by atoms with E-state index in [4.69, 9.17) is 0 Å². The molecule has 0 bridgehead atoms. The molecule has 1 aliphatic carbocycles. The molecule has 3 amide bonds. The van der Waals surface area contributed by atoms with Gasteiger partial charge in [-0.2, -0.15) is 0 Å². The molecule has 1 saturated carbocycles. The van der Waals surface area contributed by atoms with Gasteiger partial charge in [0.15, 0.2) is 4.34 Å². The lowest BCUT2D eigenvalue weighted by atomic mass is 9.96. The highest BCUT2D eigenvalue weighted by Gasteiger charge is 2.30. The molecule has 2 N–H and O–H groups in total. The maximum atomic E-state index is 12.3. The first-order chi connectivity index (χ1) is 11.2. The van der Waals surface area contributed by atoms with Crippen LogP contribution in [0.4, 0.5) is 9.93 Å². The van der Waals surface area contributed by atoms with Gasteiger partial charge >= 0.3 is 6.03 Å². The van der Waals surface area contributed by atoms with Gasteiger partial charge in [-0.05, 0) is 31.4 Å². The molecule has 126 valence electrons. The summed E-state index contributed by atoms with van der Waals surface area (Å²) in [6, 6.07) is 0.382. The zero-order valence-electron chi connectivity index (χ0n) is 13.1. The van der Waals surface area contributed by atoms with Gasteiger partial charge in [-0.15, -0.1) is 10.2 Å². The van der Waals surface area contributed by atoms with E-state index in [0.717, 1.165) is 22.9 Å². The summed E-state index contributed by atoms with van der Waals surface area (Å²) in [5.74, 6) is 0.854. The maximum Gasteiger partial charge on any atom is 0.317 e. The van der Waals surface area contributed by atoms with Gasteiger partial charge in [0, 0.05) is 25.0 Å². The number of urea groups is 1. The van der Waals surface area contributed by atoms with Gasteiger partial charge in [-0.1, -0.05) is 30.0 Å². The zero-order valence-corrected chi connectivity index (χ0v) is 14.7. The van der Waals surface area contributed by atoms with Crippen LogP contribution in [0.5, 0.6) is 0 Å². The van der Waals surface area contributed by atoms with Crippen molar-refractivity contribution in [2.45, 2.75) is 43.0 Å². The van der Waals surface area contributed by atoms with Gasteiger partial charge in [0.1, 0.15) is 0 Å². The van der Waals surface area contributed by atoms with Crippen molar-refractivity contribution in [1.82, 2.24) is 20.4 Å². The Kier molecular flexibility index (Phi) is 5.37. The van der Waals surface area contributed by atoms with Crippen molar-refractivity contribution < 1.29 is 9.59 Å². The highest BCUT2D eigenvalue weighted by molar-refractivity contribution is 8.01. The normalized spacial score (nSPS) is 18.7. The van der Waals surface area contributed by atoms with E-state index in [2.05, 4.69) is 27.8 Å². The molecule has 0 radical (unpaired) electrons. The average Bonchev–Trinajstić information content (AvgIpc) is 3.26. The SMILES string of the molecule is CCSc1nnc(NC(=O)C2CCN(C(=O)NC3CC3)CC2)s1. The third kappa shape index (κ3) is 4.57. The van der Waals surface area contributed by atoms with Gasteiger partial charge in [0.2, 0.25) is 11.0 Å². The number of carbonyl (C=O) groups is 2. The summed E-state index contributed by atoms with van der Waals surface area (Å²) in [7, 11) is 0. The third-order valence-electron chi connectivity index (χ3n) is 3.96. The lowest BCUT2D eigenvalue weighted by Gasteiger charge is -2.31. The molecule has 7 nitrogen and oxygen atoms in total.